The summed E-state index contributed by atoms with van der Waals surface area (Å²) in [7, 11) is 1.60. The van der Waals surface area contributed by atoms with E-state index in [2.05, 4.69) is 5.32 Å². The lowest BCUT2D eigenvalue weighted by Crippen LogP contribution is -2.23. The Balaban J connectivity index is 2.48. The summed E-state index contributed by atoms with van der Waals surface area (Å²) in [5.41, 5.74) is 1.57. The molecular formula is C14H19NO4. The van der Waals surface area contributed by atoms with E-state index in [-0.39, 0.29) is 12.3 Å². The highest BCUT2D eigenvalue weighted by atomic mass is 16.5. The topological polar surface area (TPSA) is 75.6 Å². The van der Waals surface area contributed by atoms with Crippen LogP contribution in [0.1, 0.15) is 24.0 Å². The molecule has 0 radical (unpaired) electrons. The fourth-order valence-electron chi connectivity index (χ4n) is 1.72. The lowest BCUT2D eigenvalue weighted by Gasteiger charge is -2.09. The lowest BCUT2D eigenvalue weighted by molar-refractivity contribution is -0.136. The third-order valence-electron chi connectivity index (χ3n) is 2.69. The molecule has 1 rings (SSSR count). The lowest BCUT2D eigenvalue weighted by atomic mass is 10.0. The van der Waals surface area contributed by atoms with E-state index in [1.807, 2.05) is 12.1 Å². The Labute approximate surface area is 112 Å². The predicted molar refractivity (Wildman–Crippen MR) is 70.7 cm³/mol. The molecule has 0 saturated carbocycles. The second-order valence-corrected chi connectivity index (χ2v) is 4.21. The number of hydrogen-bond donors (Lipinski definition) is 2. The van der Waals surface area contributed by atoms with Gasteiger partial charge in [-0.2, -0.15) is 0 Å². The third kappa shape index (κ3) is 6.01. The summed E-state index contributed by atoms with van der Waals surface area (Å²) in [6, 6.07) is 7.22. The van der Waals surface area contributed by atoms with Gasteiger partial charge < -0.3 is 15.2 Å². The average Bonchev–Trinajstić information content (AvgIpc) is 2.37. The fraction of sp³-hybridized carbons (Fsp3) is 0.429. The number of carbonyl (C=O) groups excluding carboxylic acids is 1. The average molecular weight is 265 g/mol. The van der Waals surface area contributed by atoms with Gasteiger partial charge in [-0.25, -0.2) is 0 Å². The van der Waals surface area contributed by atoms with Crippen LogP contribution in [0.3, 0.4) is 0 Å². The SMILES string of the molecule is COCCCC(=O)NCc1ccccc1CC(=O)O. The highest BCUT2D eigenvalue weighted by Gasteiger charge is 2.07. The standard InChI is InChI=1S/C14H19NO4/c1-19-8-4-7-13(16)15-10-12-6-3-2-5-11(12)9-14(17)18/h2-3,5-6H,4,7-10H2,1H3,(H,15,16)(H,17,18). The van der Waals surface area contributed by atoms with Crippen LogP contribution >= 0.6 is 0 Å². The molecular weight excluding hydrogens is 246 g/mol. The Morgan fingerprint density at radius 1 is 1.26 bits per heavy atom. The van der Waals surface area contributed by atoms with Gasteiger partial charge in [0.15, 0.2) is 0 Å². The summed E-state index contributed by atoms with van der Waals surface area (Å²) in [6.45, 7) is 0.915. The minimum Gasteiger partial charge on any atom is -0.481 e. The first-order valence-electron chi connectivity index (χ1n) is 6.17. The molecule has 2 N–H and O–H groups in total. The van der Waals surface area contributed by atoms with Gasteiger partial charge in [-0.05, 0) is 17.5 Å². The molecule has 0 aliphatic carbocycles. The van der Waals surface area contributed by atoms with E-state index in [0.717, 1.165) is 11.1 Å². The molecule has 0 fully saturated rings. The first-order chi connectivity index (χ1) is 9.13. The maximum Gasteiger partial charge on any atom is 0.307 e. The Morgan fingerprint density at radius 3 is 2.58 bits per heavy atom. The first kappa shape index (κ1) is 15.2. The zero-order valence-electron chi connectivity index (χ0n) is 11.0. The molecule has 5 heteroatoms. The zero-order valence-corrected chi connectivity index (χ0v) is 11.0. The molecule has 0 heterocycles. The molecule has 1 aromatic rings. The van der Waals surface area contributed by atoms with Gasteiger partial charge in [-0.1, -0.05) is 24.3 Å². The number of carbonyl (C=O) groups is 2. The highest BCUT2D eigenvalue weighted by molar-refractivity contribution is 5.76. The van der Waals surface area contributed by atoms with Crippen molar-refractivity contribution in [1.29, 1.82) is 0 Å². The predicted octanol–water partition coefficient (Wildman–Crippen LogP) is 1.36. The van der Waals surface area contributed by atoms with E-state index in [9.17, 15) is 9.59 Å². The van der Waals surface area contributed by atoms with Crippen molar-refractivity contribution < 1.29 is 19.4 Å². The van der Waals surface area contributed by atoms with Crippen LogP contribution in [0, 0.1) is 0 Å². The number of rotatable bonds is 8. The number of hydrogen-bond acceptors (Lipinski definition) is 3. The molecule has 5 nitrogen and oxygen atoms in total. The van der Waals surface area contributed by atoms with Crippen LogP contribution < -0.4 is 5.32 Å². The Hall–Kier alpha value is -1.88. The van der Waals surface area contributed by atoms with Gasteiger partial charge in [0.05, 0.1) is 6.42 Å². The number of amides is 1. The quantitative estimate of drug-likeness (QED) is 0.696. The van der Waals surface area contributed by atoms with Crippen LogP contribution in [-0.2, 0) is 27.3 Å². The second kappa shape index (κ2) is 8.26. The number of carboxylic acids is 1. The number of aliphatic carboxylic acids is 1. The number of carboxylic acid groups (broad SMARTS) is 1. The molecule has 104 valence electrons. The van der Waals surface area contributed by atoms with Crippen LogP contribution in [0.15, 0.2) is 24.3 Å². The van der Waals surface area contributed by atoms with Crippen molar-refractivity contribution in [2.75, 3.05) is 13.7 Å². The van der Waals surface area contributed by atoms with Crippen molar-refractivity contribution in [3.8, 4) is 0 Å². The fourth-order valence-corrected chi connectivity index (χ4v) is 1.72. The molecule has 0 aromatic heterocycles. The molecule has 0 bridgehead atoms. The largest absolute Gasteiger partial charge is 0.481 e. The summed E-state index contributed by atoms with van der Waals surface area (Å²) in [5.74, 6) is -0.930. The van der Waals surface area contributed by atoms with Crippen molar-refractivity contribution in [3.63, 3.8) is 0 Å². The van der Waals surface area contributed by atoms with Gasteiger partial charge in [-0.3, -0.25) is 9.59 Å². The number of ether oxygens (including phenoxy) is 1. The summed E-state index contributed by atoms with van der Waals surface area (Å²) in [5, 5.41) is 11.6. The van der Waals surface area contributed by atoms with Crippen LogP contribution in [0.4, 0.5) is 0 Å². The van der Waals surface area contributed by atoms with Crippen LogP contribution in [0.5, 0.6) is 0 Å². The van der Waals surface area contributed by atoms with Crippen molar-refractivity contribution in [3.05, 3.63) is 35.4 Å². The number of benzene rings is 1. The summed E-state index contributed by atoms with van der Waals surface area (Å²) in [4.78, 5) is 22.3. The van der Waals surface area contributed by atoms with E-state index < -0.39 is 5.97 Å². The maximum absolute atomic E-state index is 11.5. The van der Waals surface area contributed by atoms with Gasteiger partial charge in [0.2, 0.25) is 5.91 Å². The zero-order chi connectivity index (χ0) is 14.1. The van der Waals surface area contributed by atoms with Crippen molar-refractivity contribution in [1.82, 2.24) is 5.32 Å². The van der Waals surface area contributed by atoms with Gasteiger partial charge in [-0.15, -0.1) is 0 Å². The van der Waals surface area contributed by atoms with E-state index >= 15 is 0 Å². The molecule has 1 aromatic carbocycles. The van der Waals surface area contributed by atoms with Gasteiger partial charge in [0.1, 0.15) is 0 Å². The summed E-state index contributed by atoms with van der Waals surface area (Å²) in [6.07, 6.45) is 1.06. The molecule has 0 aliphatic heterocycles. The Morgan fingerprint density at radius 2 is 1.95 bits per heavy atom. The number of nitrogens with one attached hydrogen (secondary N) is 1. The van der Waals surface area contributed by atoms with Gasteiger partial charge >= 0.3 is 5.97 Å². The second-order valence-electron chi connectivity index (χ2n) is 4.21. The van der Waals surface area contributed by atoms with Gasteiger partial charge in [0.25, 0.3) is 0 Å². The minimum absolute atomic E-state index is 0.0320. The van der Waals surface area contributed by atoms with Crippen molar-refractivity contribution >= 4 is 11.9 Å². The van der Waals surface area contributed by atoms with Crippen molar-refractivity contribution in [2.45, 2.75) is 25.8 Å². The number of methoxy groups -OCH3 is 1. The molecule has 0 saturated heterocycles. The van der Waals surface area contributed by atoms with Crippen LogP contribution in [0.25, 0.3) is 0 Å². The van der Waals surface area contributed by atoms with Crippen LogP contribution in [0.2, 0.25) is 0 Å². The van der Waals surface area contributed by atoms with E-state index in [4.69, 9.17) is 9.84 Å². The van der Waals surface area contributed by atoms with E-state index in [0.29, 0.717) is 26.0 Å². The Kier molecular flexibility index (Phi) is 6.60. The summed E-state index contributed by atoms with van der Waals surface area (Å²) < 4.78 is 4.87. The first-order valence-corrected chi connectivity index (χ1v) is 6.17. The van der Waals surface area contributed by atoms with E-state index in [1.165, 1.54) is 0 Å². The maximum atomic E-state index is 11.5. The van der Waals surface area contributed by atoms with E-state index in [1.54, 1.807) is 19.2 Å². The van der Waals surface area contributed by atoms with Crippen LogP contribution in [-0.4, -0.2) is 30.7 Å². The van der Waals surface area contributed by atoms with Gasteiger partial charge in [0, 0.05) is 26.7 Å². The smallest absolute Gasteiger partial charge is 0.307 e. The Bertz CT molecular complexity index is 431. The normalized spacial score (nSPS) is 10.2. The molecule has 0 aliphatic rings. The molecule has 0 atom stereocenters. The van der Waals surface area contributed by atoms with Crippen molar-refractivity contribution in [2.24, 2.45) is 0 Å². The molecule has 0 spiro atoms. The molecule has 0 unspecified atom stereocenters. The monoisotopic (exact) mass is 265 g/mol. The summed E-state index contributed by atoms with van der Waals surface area (Å²) >= 11 is 0. The third-order valence-corrected chi connectivity index (χ3v) is 2.69. The highest BCUT2D eigenvalue weighted by Crippen LogP contribution is 2.09. The minimum atomic E-state index is -0.876. The molecule has 19 heavy (non-hydrogen) atoms. The molecule has 1 amide bonds.